The van der Waals surface area contributed by atoms with Gasteiger partial charge in [0.05, 0.1) is 49.6 Å². The zero-order valence-electron chi connectivity index (χ0n) is 34.4. The molecule has 0 radical (unpaired) electrons. The Morgan fingerprint density at radius 3 is 2.53 bits per heavy atom. The average Bonchev–Trinajstić information content (AvgIpc) is 3.64. The fourth-order valence-electron chi connectivity index (χ4n) is 13.8. The van der Waals surface area contributed by atoms with Crippen LogP contribution in [0.5, 0.6) is 0 Å². The normalized spacial score (nSPS) is 41.4. The molecule has 8 rings (SSSR count). The van der Waals surface area contributed by atoms with Gasteiger partial charge in [-0.3, -0.25) is 9.78 Å². The van der Waals surface area contributed by atoms with Crippen LogP contribution in [-0.2, 0) is 19.0 Å². The van der Waals surface area contributed by atoms with E-state index in [1.165, 1.54) is 18.1 Å². The average molecular weight is 762 g/mol. The highest BCUT2D eigenvalue weighted by Crippen LogP contribution is 2.75. The fourth-order valence-corrected chi connectivity index (χ4v) is 13.8. The van der Waals surface area contributed by atoms with Gasteiger partial charge in [-0.1, -0.05) is 60.1 Å². The molecule has 302 valence electrons. The van der Waals surface area contributed by atoms with Crippen molar-refractivity contribution in [2.75, 3.05) is 40.1 Å². The van der Waals surface area contributed by atoms with Crippen LogP contribution >= 0.6 is 0 Å². The van der Waals surface area contributed by atoms with Gasteiger partial charge < -0.3 is 24.6 Å². The van der Waals surface area contributed by atoms with E-state index in [1.807, 2.05) is 11.7 Å². The van der Waals surface area contributed by atoms with Gasteiger partial charge in [-0.25, -0.2) is 14.1 Å². The number of hydrogen-bond donors (Lipinski definition) is 2. The third kappa shape index (κ3) is 5.59. The largest absolute Gasteiger partial charge is 0.481 e. The topological polar surface area (TPSA) is 121 Å². The Kier molecular flexibility index (Phi) is 9.74. The second-order valence-corrected chi connectivity index (χ2v) is 19.9. The molecule has 0 aromatic carbocycles. The number of halogens is 1. The number of allylic oxidation sites excluding steroid dienone is 1. The Bertz CT molecular complexity index is 1810. The maximum absolute atomic E-state index is 15.5. The smallest absolute Gasteiger partial charge is 0.307 e. The number of carboxylic acid groups (broad SMARTS) is 1. The standard InChI is InChI=1S/C44H64FN5O5/c1-27(2)28(3)40(5)14-15-41(6)30-9-10-34-39(4)21-33(50-37(48-26-49-50)29-12-18-47-22-32(29)45)36(55-24-43(46-8)16-19-53-20-17-43)44(34,25-54-23-39)31(30)11-13-42(41,7)35(40)38(51)52/h11-12,18,22,26-28,30,33-36,46H,9-10,13-17,19-21,23-25H2,1-8H3,(H,51,52)/t28-,30+,33-,34-,35-,36+,39-,40-,41-,42+,44+/m1/s1. The van der Waals surface area contributed by atoms with Gasteiger partial charge in [0, 0.05) is 30.4 Å². The van der Waals surface area contributed by atoms with E-state index < -0.39 is 28.5 Å². The number of fused-ring (bicyclic) bond motifs is 3. The number of aromatic nitrogens is 4. The van der Waals surface area contributed by atoms with Crippen LogP contribution in [0.1, 0.15) is 106 Å². The van der Waals surface area contributed by atoms with Gasteiger partial charge in [-0.2, -0.15) is 5.10 Å². The van der Waals surface area contributed by atoms with E-state index in [2.05, 4.69) is 69.8 Å². The van der Waals surface area contributed by atoms with Gasteiger partial charge in [-0.15, -0.1) is 0 Å². The zero-order valence-corrected chi connectivity index (χ0v) is 34.4. The Morgan fingerprint density at radius 1 is 1.07 bits per heavy atom. The summed E-state index contributed by atoms with van der Waals surface area (Å²) in [5.74, 6) is 0.0354. The van der Waals surface area contributed by atoms with Gasteiger partial charge in [0.25, 0.3) is 0 Å². The second-order valence-electron chi connectivity index (χ2n) is 19.9. The number of nitrogens with zero attached hydrogens (tertiary/aromatic N) is 4. The minimum atomic E-state index is -0.657. The molecule has 11 atom stereocenters. The summed E-state index contributed by atoms with van der Waals surface area (Å²) in [5.41, 5.74) is -0.167. The summed E-state index contributed by atoms with van der Waals surface area (Å²) < 4.78 is 37.6. The molecular weight excluding hydrogens is 698 g/mol. The Hall–Kier alpha value is -2.73. The molecule has 6 aliphatic rings. The molecule has 0 spiro atoms. The highest BCUT2D eigenvalue weighted by atomic mass is 19.1. The lowest BCUT2D eigenvalue weighted by atomic mass is 9.34. The quantitative estimate of drug-likeness (QED) is 0.247. The van der Waals surface area contributed by atoms with Crippen molar-refractivity contribution in [2.24, 2.45) is 56.7 Å². The maximum atomic E-state index is 15.5. The van der Waals surface area contributed by atoms with E-state index in [-0.39, 0.29) is 45.8 Å². The van der Waals surface area contributed by atoms with Crippen LogP contribution < -0.4 is 5.32 Å². The maximum Gasteiger partial charge on any atom is 0.307 e. The first-order valence-corrected chi connectivity index (χ1v) is 21.0. The van der Waals surface area contributed by atoms with Crippen LogP contribution in [0.3, 0.4) is 0 Å². The first kappa shape index (κ1) is 39.1. The lowest BCUT2D eigenvalue weighted by Crippen LogP contribution is -2.70. The summed E-state index contributed by atoms with van der Waals surface area (Å²) in [7, 11) is 2.02. The molecule has 2 N–H and O–H groups in total. The molecule has 3 saturated carbocycles. The molecule has 4 heterocycles. The van der Waals surface area contributed by atoms with E-state index >= 15 is 4.39 Å². The van der Waals surface area contributed by atoms with E-state index in [0.29, 0.717) is 62.7 Å². The van der Waals surface area contributed by atoms with E-state index in [1.54, 1.807) is 12.3 Å². The van der Waals surface area contributed by atoms with Crippen molar-refractivity contribution in [2.45, 2.75) is 118 Å². The van der Waals surface area contributed by atoms with Gasteiger partial charge in [-0.05, 0) is 110 Å². The highest BCUT2D eigenvalue weighted by molar-refractivity contribution is 5.73. The molecule has 2 aliphatic heterocycles. The van der Waals surface area contributed by atoms with Crippen molar-refractivity contribution in [3.63, 3.8) is 0 Å². The van der Waals surface area contributed by atoms with E-state index in [0.717, 1.165) is 44.9 Å². The second kappa shape index (κ2) is 13.7. The number of nitrogens with one attached hydrogen (secondary N) is 1. The third-order valence-electron chi connectivity index (χ3n) is 17.4. The monoisotopic (exact) mass is 761 g/mol. The first-order chi connectivity index (χ1) is 26.1. The summed E-state index contributed by atoms with van der Waals surface area (Å²) in [6, 6.07) is 1.43. The molecular formula is C44H64FN5O5. The summed E-state index contributed by atoms with van der Waals surface area (Å²) in [4.78, 5) is 22.4. The van der Waals surface area contributed by atoms with Gasteiger partial charge in [0.15, 0.2) is 11.6 Å². The minimum absolute atomic E-state index is 0.174. The molecule has 2 aromatic heterocycles. The summed E-state index contributed by atoms with van der Waals surface area (Å²) in [6.07, 6.45) is 13.5. The van der Waals surface area contributed by atoms with Gasteiger partial charge in [0.1, 0.15) is 6.33 Å². The Labute approximate surface area is 326 Å². The predicted octanol–water partition coefficient (Wildman–Crippen LogP) is 7.76. The molecule has 2 saturated heterocycles. The van der Waals surface area contributed by atoms with Crippen LogP contribution in [0.2, 0.25) is 0 Å². The number of carbonyl (C=O) groups is 1. The summed E-state index contributed by atoms with van der Waals surface area (Å²) in [6.45, 7) is 19.1. The number of likely N-dealkylation sites (N-methyl/N-ethyl adjacent to an activating group) is 1. The molecule has 0 amide bonds. The van der Waals surface area contributed by atoms with Gasteiger partial charge in [0.2, 0.25) is 0 Å². The summed E-state index contributed by atoms with van der Waals surface area (Å²) in [5, 5.41) is 19.7. The number of carboxylic acids is 1. The fraction of sp³-hybridized carbons (Fsp3) is 0.773. The van der Waals surface area contributed by atoms with Crippen molar-refractivity contribution < 1.29 is 28.5 Å². The van der Waals surface area contributed by atoms with Crippen LogP contribution in [0.4, 0.5) is 4.39 Å². The molecule has 2 bridgehead atoms. The number of hydrogen-bond acceptors (Lipinski definition) is 8. The molecule has 55 heavy (non-hydrogen) atoms. The van der Waals surface area contributed by atoms with E-state index in [9.17, 15) is 9.90 Å². The molecule has 4 aliphatic carbocycles. The van der Waals surface area contributed by atoms with Crippen molar-refractivity contribution in [1.29, 1.82) is 0 Å². The van der Waals surface area contributed by atoms with E-state index in [4.69, 9.17) is 19.3 Å². The first-order valence-electron chi connectivity index (χ1n) is 21.0. The Morgan fingerprint density at radius 2 is 1.84 bits per heavy atom. The molecule has 5 fully saturated rings. The van der Waals surface area contributed by atoms with Gasteiger partial charge >= 0.3 is 5.97 Å². The summed E-state index contributed by atoms with van der Waals surface area (Å²) >= 11 is 0. The zero-order chi connectivity index (χ0) is 39.2. The van der Waals surface area contributed by atoms with Crippen molar-refractivity contribution in [3.8, 4) is 11.4 Å². The molecule has 11 heteroatoms. The number of aliphatic carboxylic acids is 1. The van der Waals surface area contributed by atoms with Crippen molar-refractivity contribution in [3.05, 3.63) is 42.3 Å². The highest BCUT2D eigenvalue weighted by Gasteiger charge is 2.73. The molecule has 2 aromatic rings. The lowest BCUT2D eigenvalue weighted by Gasteiger charge is -2.71. The minimum Gasteiger partial charge on any atom is -0.481 e. The van der Waals surface area contributed by atoms with Crippen LogP contribution in [0, 0.1) is 62.5 Å². The van der Waals surface area contributed by atoms with Crippen molar-refractivity contribution in [1.82, 2.24) is 25.1 Å². The van der Waals surface area contributed by atoms with Crippen LogP contribution in [0.15, 0.2) is 36.4 Å². The number of ether oxygens (including phenoxy) is 3. The van der Waals surface area contributed by atoms with Crippen LogP contribution in [-0.4, -0.2) is 82.5 Å². The SMILES string of the molecule is CNC1(CO[C@H]2[C@H](n3ncnc3-c3ccncc3F)C[C@]3(C)COC[C@@]24C2=CC[C@@]5(C)[C@H](C(=O)O)[C@@](C)([C@H](C)C(C)C)CC[C@]5(C)[C@H]2CC[C@H]34)CCOCC1. The lowest BCUT2D eigenvalue weighted by molar-refractivity contribution is -0.255. The molecule has 10 nitrogen and oxygen atoms in total. The molecule has 0 unspecified atom stereocenters. The van der Waals surface area contributed by atoms with Crippen molar-refractivity contribution >= 4 is 5.97 Å². The van der Waals surface area contributed by atoms with Crippen LogP contribution in [0.25, 0.3) is 11.4 Å². The Balaban J connectivity index is 1.29. The predicted molar refractivity (Wildman–Crippen MR) is 207 cm³/mol. The third-order valence-corrected chi connectivity index (χ3v) is 17.4. The number of rotatable bonds is 9. The number of pyridine rings is 1.